The van der Waals surface area contributed by atoms with Crippen molar-refractivity contribution in [2.45, 2.75) is 174 Å². The molecule has 31 heavy (non-hydrogen) atoms. The van der Waals surface area contributed by atoms with Crippen molar-refractivity contribution in [1.29, 1.82) is 0 Å². The molecule has 1 heteroatoms. The van der Waals surface area contributed by atoms with E-state index in [1.807, 2.05) is 0 Å². The highest BCUT2D eigenvalue weighted by atomic mass is 16.1. The predicted molar refractivity (Wildman–Crippen MR) is 141 cm³/mol. The minimum atomic E-state index is 0.999. The second kappa shape index (κ2) is 27.4. The molecule has 0 rings (SSSR count). The second-order valence-electron chi connectivity index (χ2n) is 9.86. The standard InChI is InChI=1S/C30H58O/c1-3-5-7-9-11-13-15-17-19-21-23-25-27-30(29-31)28-26-24-22-20-18-16-14-12-10-8-6-4-2/h27,29H,3-26,28H2,1-2H3. The maximum Gasteiger partial charge on any atom is 0.145 e. The summed E-state index contributed by atoms with van der Waals surface area (Å²) in [5.74, 6) is 0. The Balaban J connectivity index is 3.37. The van der Waals surface area contributed by atoms with Crippen molar-refractivity contribution in [3.63, 3.8) is 0 Å². The number of aldehydes is 1. The Hall–Kier alpha value is -0.590. The zero-order valence-electron chi connectivity index (χ0n) is 21.7. The summed E-state index contributed by atoms with van der Waals surface area (Å²) in [4.78, 5) is 11.3. The van der Waals surface area contributed by atoms with Crippen LogP contribution in [0.3, 0.4) is 0 Å². The molecule has 0 radical (unpaired) electrons. The van der Waals surface area contributed by atoms with E-state index in [0.717, 1.165) is 24.7 Å². The fourth-order valence-electron chi connectivity index (χ4n) is 4.48. The Bertz CT molecular complexity index is 371. The van der Waals surface area contributed by atoms with E-state index in [1.165, 1.54) is 148 Å². The third-order valence-electron chi connectivity index (χ3n) is 6.68. The van der Waals surface area contributed by atoms with E-state index in [9.17, 15) is 4.79 Å². The van der Waals surface area contributed by atoms with Gasteiger partial charge in [0.25, 0.3) is 0 Å². The summed E-state index contributed by atoms with van der Waals surface area (Å²) in [5.41, 5.74) is 1.05. The van der Waals surface area contributed by atoms with Gasteiger partial charge >= 0.3 is 0 Å². The van der Waals surface area contributed by atoms with Gasteiger partial charge in [-0.2, -0.15) is 0 Å². The smallest absolute Gasteiger partial charge is 0.145 e. The topological polar surface area (TPSA) is 17.1 Å². The SMILES string of the molecule is CCCCCCCCCCCCCC=C(C=O)CCCCCCCCCCCCCC. The zero-order valence-corrected chi connectivity index (χ0v) is 21.7. The Kier molecular flexibility index (Phi) is 26.9. The summed E-state index contributed by atoms with van der Waals surface area (Å²) < 4.78 is 0. The molecule has 0 aliphatic heterocycles. The molecule has 0 saturated carbocycles. The van der Waals surface area contributed by atoms with E-state index in [4.69, 9.17) is 0 Å². The first-order chi connectivity index (χ1) is 15.3. The van der Waals surface area contributed by atoms with Crippen molar-refractivity contribution < 1.29 is 4.79 Å². The van der Waals surface area contributed by atoms with Gasteiger partial charge in [0.1, 0.15) is 6.29 Å². The first-order valence-electron chi connectivity index (χ1n) is 14.5. The normalized spacial score (nSPS) is 11.9. The Morgan fingerprint density at radius 3 is 1.13 bits per heavy atom. The van der Waals surface area contributed by atoms with E-state index in [0.29, 0.717) is 0 Å². The number of carbonyl (C=O) groups is 1. The van der Waals surface area contributed by atoms with E-state index in [1.54, 1.807) is 0 Å². The van der Waals surface area contributed by atoms with Crippen molar-refractivity contribution in [3.8, 4) is 0 Å². The molecule has 0 heterocycles. The van der Waals surface area contributed by atoms with Crippen LogP contribution in [-0.2, 0) is 4.79 Å². The van der Waals surface area contributed by atoms with Crippen molar-refractivity contribution in [2.24, 2.45) is 0 Å². The van der Waals surface area contributed by atoms with Crippen molar-refractivity contribution in [2.75, 3.05) is 0 Å². The molecule has 184 valence electrons. The first-order valence-corrected chi connectivity index (χ1v) is 14.5. The molecule has 0 unspecified atom stereocenters. The van der Waals surface area contributed by atoms with Gasteiger partial charge in [0, 0.05) is 0 Å². The Morgan fingerprint density at radius 1 is 0.452 bits per heavy atom. The molecule has 0 amide bonds. The van der Waals surface area contributed by atoms with Gasteiger partial charge in [-0.25, -0.2) is 0 Å². The molecule has 0 spiro atoms. The summed E-state index contributed by atoms with van der Waals surface area (Å²) in [7, 11) is 0. The van der Waals surface area contributed by atoms with Crippen LogP contribution < -0.4 is 0 Å². The molecule has 1 nitrogen and oxygen atoms in total. The summed E-state index contributed by atoms with van der Waals surface area (Å²) in [5, 5.41) is 0. The molecule has 0 aromatic rings. The molecule has 0 aliphatic carbocycles. The van der Waals surface area contributed by atoms with Gasteiger partial charge in [0.15, 0.2) is 0 Å². The van der Waals surface area contributed by atoms with Crippen LogP contribution in [0.2, 0.25) is 0 Å². The Morgan fingerprint density at radius 2 is 0.774 bits per heavy atom. The highest BCUT2D eigenvalue weighted by Gasteiger charge is 1.98. The Labute approximate surface area is 197 Å². The van der Waals surface area contributed by atoms with Crippen LogP contribution in [0.15, 0.2) is 11.6 Å². The van der Waals surface area contributed by atoms with Crippen molar-refractivity contribution in [1.82, 2.24) is 0 Å². The largest absolute Gasteiger partial charge is 0.298 e. The zero-order chi connectivity index (χ0) is 22.7. The summed E-state index contributed by atoms with van der Waals surface area (Å²) in [6, 6.07) is 0. The van der Waals surface area contributed by atoms with Crippen LogP contribution >= 0.6 is 0 Å². The van der Waals surface area contributed by atoms with E-state index >= 15 is 0 Å². The molecule has 0 saturated heterocycles. The quantitative estimate of drug-likeness (QED) is 0.0751. The van der Waals surface area contributed by atoms with Crippen LogP contribution in [0, 0.1) is 0 Å². The molecular weight excluding hydrogens is 376 g/mol. The molecule has 0 fully saturated rings. The molecule has 0 aliphatic rings. The molecule has 0 bridgehead atoms. The van der Waals surface area contributed by atoms with Gasteiger partial charge in [-0.3, -0.25) is 4.79 Å². The lowest BCUT2D eigenvalue weighted by atomic mass is 10.0. The number of hydrogen-bond donors (Lipinski definition) is 0. The van der Waals surface area contributed by atoms with Crippen molar-refractivity contribution >= 4 is 6.29 Å². The van der Waals surface area contributed by atoms with Crippen LogP contribution in [0.25, 0.3) is 0 Å². The lowest BCUT2D eigenvalue weighted by molar-refractivity contribution is -0.105. The highest BCUT2D eigenvalue weighted by molar-refractivity contribution is 5.72. The van der Waals surface area contributed by atoms with Crippen LogP contribution in [-0.4, -0.2) is 6.29 Å². The minimum Gasteiger partial charge on any atom is -0.298 e. The van der Waals surface area contributed by atoms with Crippen LogP contribution in [0.5, 0.6) is 0 Å². The molecular formula is C30H58O. The lowest BCUT2D eigenvalue weighted by Gasteiger charge is -2.04. The maximum atomic E-state index is 11.3. The second-order valence-corrected chi connectivity index (χ2v) is 9.86. The van der Waals surface area contributed by atoms with Gasteiger partial charge < -0.3 is 0 Å². The third kappa shape index (κ3) is 25.5. The lowest BCUT2D eigenvalue weighted by Crippen LogP contribution is -1.88. The maximum absolute atomic E-state index is 11.3. The third-order valence-corrected chi connectivity index (χ3v) is 6.68. The van der Waals surface area contributed by atoms with Crippen molar-refractivity contribution in [3.05, 3.63) is 11.6 Å². The number of unbranched alkanes of at least 4 members (excludes halogenated alkanes) is 22. The van der Waals surface area contributed by atoms with E-state index in [2.05, 4.69) is 19.9 Å². The molecule has 0 aromatic heterocycles. The van der Waals surface area contributed by atoms with Gasteiger partial charge in [-0.1, -0.05) is 155 Å². The highest BCUT2D eigenvalue weighted by Crippen LogP contribution is 2.15. The molecule has 0 aromatic carbocycles. The number of hydrogen-bond acceptors (Lipinski definition) is 1. The first kappa shape index (κ1) is 30.4. The average molecular weight is 435 g/mol. The number of rotatable bonds is 26. The fraction of sp³-hybridized carbons (Fsp3) is 0.900. The monoisotopic (exact) mass is 434 g/mol. The summed E-state index contributed by atoms with van der Waals surface area (Å²) in [6.07, 6.45) is 37.2. The van der Waals surface area contributed by atoms with Crippen LogP contribution in [0.4, 0.5) is 0 Å². The summed E-state index contributed by atoms with van der Waals surface area (Å²) in [6.45, 7) is 4.57. The molecule has 0 atom stereocenters. The van der Waals surface area contributed by atoms with Gasteiger partial charge in [0.05, 0.1) is 0 Å². The summed E-state index contributed by atoms with van der Waals surface area (Å²) >= 11 is 0. The van der Waals surface area contributed by atoms with E-state index in [-0.39, 0.29) is 0 Å². The number of carbonyl (C=O) groups excluding carboxylic acids is 1. The van der Waals surface area contributed by atoms with Crippen LogP contribution in [0.1, 0.15) is 174 Å². The minimum absolute atomic E-state index is 0.999. The van der Waals surface area contributed by atoms with Gasteiger partial charge in [-0.15, -0.1) is 0 Å². The van der Waals surface area contributed by atoms with Gasteiger partial charge in [0.2, 0.25) is 0 Å². The number of allylic oxidation sites excluding steroid dienone is 2. The molecule has 0 N–H and O–H groups in total. The van der Waals surface area contributed by atoms with E-state index < -0.39 is 0 Å². The fourth-order valence-corrected chi connectivity index (χ4v) is 4.48. The van der Waals surface area contributed by atoms with Gasteiger partial charge in [-0.05, 0) is 31.3 Å². The predicted octanol–water partition coefficient (Wildman–Crippen LogP) is 10.9. The average Bonchev–Trinajstić information content (AvgIpc) is 2.79.